The van der Waals surface area contributed by atoms with Crippen molar-refractivity contribution in [1.29, 1.82) is 0 Å². The molecule has 0 bridgehead atoms. The molecule has 6 nitrogen and oxygen atoms in total. The van der Waals surface area contributed by atoms with E-state index in [1.165, 1.54) is 14.2 Å². The van der Waals surface area contributed by atoms with Crippen molar-refractivity contribution in [3.05, 3.63) is 23.8 Å². The lowest BCUT2D eigenvalue weighted by molar-refractivity contribution is 0.0718. The first-order valence-electron chi connectivity index (χ1n) is 7.52. The molecule has 0 heterocycles. The minimum Gasteiger partial charge on any atom is -0.497 e. The van der Waals surface area contributed by atoms with Crippen LogP contribution in [0.1, 0.15) is 31.1 Å². The second kappa shape index (κ2) is 8.19. The normalized spacial score (nSPS) is 12.6. The van der Waals surface area contributed by atoms with Crippen LogP contribution in [0.2, 0.25) is 0 Å². The standard InChI is InChI=1S/C16H25NO5S/c1-6-17(12(3)11-23(19,20)7-2)16(18)13-8-14(21-4)10-15(9-13)22-5/h8-10,12H,6-7,11H2,1-5H3/t12-/m0/s1. The fourth-order valence-electron chi connectivity index (χ4n) is 2.33. The van der Waals surface area contributed by atoms with E-state index in [2.05, 4.69) is 0 Å². The smallest absolute Gasteiger partial charge is 0.254 e. The number of rotatable bonds is 8. The monoisotopic (exact) mass is 343 g/mol. The fraction of sp³-hybridized carbons (Fsp3) is 0.562. The van der Waals surface area contributed by atoms with Crippen molar-refractivity contribution in [3.63, 3.8) is 0 Å². The summed E-state index contributed by atoms with van der Waals surface area (Å²) in [5, 5.41) is 0. The first-order valence-corrected chi connectivity index (χ1v) is 9.34. The van der Waals surface area contributed by atoms with Crippen molar-refractivity contribution in [2.24, 2.45) is 0 Å². The molecule has 1 amide bonds. The van der Waals surface area contributed by atoms with Gasteiger partial charge in [0.1, 0.15) is 11.5 Å². The SMILES string of the molecule is CCN(C(=O)c1cc(OC)cc(OC)c1)[C@@H](C)CS(=O)(=O)CC. The maximum Gasteiger partial charge on any atom is 0.254 e. The van der Waals surface area contributed by atoms with Crippen molar-refractivity contribution < 1.29 is 22.7 Å². The zero-order valence-electron chi connectivity index (χ0n) is 14.3. The second-order valence-corrected chi connectivity index (χ2v) is 7.64. The van der Waals surface area contributed by atoms with Crippen molar-refractivity contribution in [3.8, 4) is 11.5 Å². The van der Waals surface area contributed by atoms with Crippen LogP contribution in [0.25, 0.3) is 0 Å². The lowest BCUT2D eigenvalue weighted by Gasteiger charge is -2.28. The third-order valence-electron chi connectivity index (χ3n) is 3.67. The molecule has 7 heteroatoms. The summed E-state index contributed by atoms with van der Waals surface area (Å²) >= 11 is 0. The number of carbonyl (C=O) groups is 1. The Balaban J connectivity index is 3.09. The van der Waals surface area contributed by atoms with Gasteiger partial charge in [-0.25, -0.2) is 8.42 Å². The van der Waals surface area contributed by atoms with E-state index < -0.39 is 15.9 Å². The van der Waals surface area contributed by atoms with Crippen LogP contribution in [0.4, 0.5) is 0 Å². The van der Waals surface area contributed by atoms with E-state index in [1.807, 2.05) is 6.92 Å². The van der Waals surface area contributed by atoms with E-state index >= 15 is 0 Å². The van der Waals surface area contributed by atoms with Crippen molar-refractivity contribution in [2.45, 2.75) is 26.8 Å². The van der Waals surface area contributed by atoms with Gasteiger partial charge in [-0.1, -0.05) is 6.92 Å². The third-order valence-corrected chi connectivity index (χ3v) is 5.54. The zero-order valence-corrected chi connectivity index (χ0v) is 15.1. The van der Waals surface area contributed by atoms with Gasteiger partial charge in [-0.2, -0.15) is 0 Å². The molecule has 0 saturated heterocycles. The summed E-state index contributed by atoms with van der Waals surface area (Å²) in [4.78, 5) is 14.3. The third kappa shape index (κ3) is 5.13. The number of hydrogen-bond acceptors (Lipinski definition) is 5. The summed E-state index contributed by atoms with van der Waals surface area (Å²) in [6.45, 7) is 5.59. The van der Waals surface area contributed by atoms with Crippen LogP contribution < -0.4 is 9.47 Å². The van der Waals surface area contributed by atoms with E-state index in [4.69, 9.17) is 9.47 Å². The minimum absolute atomic E-state index is 0.0514. The van der Waals surface area contributed by atoms with Gasteiger partial charge in [-0.15, -0.1) is 0 Å². The van der Waals surface area contributed by atoms with Gasteiger partial charge in [0.25, 0.3) is 5.91 Å². The van der Waals surface area contributed by atoms with Crippen LogP contribution >= 0.6 is 0 Å². The molecule has 0 aliphatic rings. The van der Waals surface area contributed by atoms with Gasteiger partial charge in [0.2, 0.25) is 0 Å². The Morgan fingerprint density at radius 1 is 1.13 bits per heavy atom. The van der Waals surface area contributed by atoms with Crippen molar-refractivity contribution in [1.82, 2.24) is 4.90 Å². The quantitative estimate of drug-likeness (QED) is 0.722. The average Bonchev–Trinajstić information content (AvgIpc) is 2.54. The summed E-state index contributed by atoms with van der Waals surface area (Å²) in [6, 6.07) is 4.51. The molecule has 1 atom stereocenters. The highest BCUT2D eigenvalue weighted by Gasteiger charge is 2.25. The molecule has 0 aliphatic carbocycles. The number of hydrogen-bond donors (Lipinski definition) is 0. The van der Waals surface area contributed by atoms with Crippen LogP contribution in [0.15, 0.2) is 18.2 Å². The molecule has 1 aromatic carbocycles. The lowest BCUT2D eigenvalue weighted by Crippen LogP contribution is -2.42. The highest BCUT2D eigenvalue weighted by Crippen LogP contribution is 2.24. The van der Waals surface area contributed by atoms with E-state index in [1.54, 1.807) is 36.9 Å². The zero-order chi connectivity index (χ0) is 17.6. The predicted octanol–water partition coefficient (Wildman–Crippen LogP) is 1.99. The first-order chi connectivity index (χ1) is 10.8. The molecule has 0 radical (unpaired) electrons. The Labute approximate surface area is 138 Å². The fourth-order valence-corrected chi connectivity index (χ4v) is 3.48. The number of nitrogens with zero attached hydrogens (tertiary/aromatic N) is 1. The molecule has 0 spiro atoms. The van der Waals surface area contributed by atoms with E-state index in [0.29, 0.717) is 23.6 Å². The molecule has 0 saturated carbocycles. The topological polar surface area (TPSA) is 72.9 Å². The number of amides is 1. The molecule has 0 fully saturated rings. The predicted molar refractivity (Wildman–Crippen MR) is 90.0 cm³/mol. The van der Waals surface area contributed by atoms with Gasteiger partial charge in [0.15, 0.2) is 9.84 Å². The molecule has 1 rings (SSSR count). The maximum absolute atomic E-state index is 12.7. The Kier molecular flexibility index (Phi) is 6.87. The molecule has 0 unspecified atom stereocenters. The van der Waals surface area contributed by atoms with Gasteiger partial charge >= 0.3 is 0 Å². The van der Waals surface area contributed by atoms with Crippen LogP contribution in [0.5, 0.6) is 11.5 Å². The van der Waals surface area contributed by atoms with E-state index in [-0.39, 0.29) is 17.4 Å². The first kappa shape index (κ1) is 19.3. The Morgan fingerprint density at radius 3 is 2.04 bits per heavy atom. The number of ether oxygens (including phenoxy) is 2. The Bertz CT molecular complexity index is 620. The molecule has 130 valence electrons. The van der Waals surface area contributed by atoms with Gasteiger partial charge in [-0.05, 0) is 26.0 Å². The molecule has 1 aromatic rings. The highest BCUT2D eigenvalue weighted by molar-refractivity contribution is 7.91. The number of sulfone groups is 1. The van der Waals surface area contributed by atoms with Crippen LogP contribution in [0, 0.1) is 0 Å². The van der Waals surface area contributed by atoms with Crippen molar-refractivity contribution in [2.75, 3.05) is 32.3 Å². The summed E-state index contributed by atoms with van der Waals surface area (Å²) in [7, 11) is -0.137. The number of methoxy groups -OCH3 is 2. The molecule has 0 aliphatic heterocycles. The summed E-state index contributed by atoms with van der Waals surface area (Å²) in [5.41, 5.74) is 0.406. The number of carbonyl (C=O) groups excluding carboxylic acids is 1. The van der Waals surface area contributed by atoms with Crippen LogP contribution in [-0.4, -0.2) is 57.5 Å². The minimum atomic E-state index is -3.16. The summed E-state index contributed by atoms with van der Waals surface area (Å²) in [6.07, 6.45) is 0. The van der Waals surface area contributed by atoms with Crippen LogP contribution in [0.3, 0.4) is 0 Å². The number of benzene rings is 1. The van der Waals surface area contributed by atoms with Gasteiger partial charge in [0, 0.05) is 30.0 Å². The molecular formula is C16H25NO5S. The van der Waals surface area contributed by atoms with E-state index in [9.17, 15) is 13.2 Å². The largest absolute Gasteiger partial charge is 0.497 e. The lowest BCUT2D eigenvalue weighted by atomic mass is 10.1. The summed E-state index contributed by atoms with van der Waals surface area (Å²) < 4.78 is 34.0. The highest BCUT2D eigenvalue weighted by atomic mass is 32.2. The molecule has 0 N–H and O–H groups in total. The summed E-state index contributed by atoms with van der Waals surface area (Å²) in [5.74, 6) is 0.791. The Morgan fingerprint density at radius 2 is 1.65 bits per heavy atom. The van der Waals surface area contributed by atoms with Crippen molar-refractivity contribution >= 4 is 15.7 Å². The second-order valence-electron chi connectivity index (χ2n) is 5.24. The van der Waals surface area contributed by atoms with Crippen LogP contribution in [-0.2, 0) is 9.84 Å². The van der Waals surface area contributed by atoms with E-state index in [0.717, 1.165) is 0 Å². The maximum atomic E-state index is 12.7. The van der Waals surface area contributed by atoms with Gasteiger partial charge < -0.3 is 14.4 Å². The molecule has 0 aromatic heterocycles. The average molecular weight is 343 g/mol. The van der Waals surface area contributed by atoms with Gasteiger partial charge in [-0.3, -0.25) is 4.79 Å². The molecular weight excluding hydrogens is 318 g/mol. The Hall–Kier alpha value is -1.76. The molecule has 23 heavy (non-hydrogen) atoms. The van der Waals surface area contributed by atoms with Gasteiger partial charge in [0.05, 0.1) is 20.0 Å².